The van der Waals surface area contributed by atoms with Gasteiger partial charge in [-0.15, -0.1) is 0 Å². The summed E-state index contributed by atoms with van der Waals surface area (Å²) in [5, 5.41) is 9.73. The normalized spacial score (nSPS) is 15.6. The molecule has 2 rings (SSSR count). The number of nitrogens with zero attached hydrogens (tertiary/aromatic N) is 1. The minimum atomic E-state index is 0.000602. The lowest BCUT2D eigenvalue weighted by molar-refractivity contribution is 0.0950. The van der Waals surface area contributed by atoms with Crippen molar-refractivity contribution in [2.45, 2.75) is 26.7 Å². The highest BCUT2D eigenvalue weighted by molar-refractivity contribution is 5.96. The zero-order valence-electron chi connectivity index (χ0n) is 8.55. The molecule has 0 saturated heterocycles. The molecule has 1 aromatic heterocycles. The van der Waals surface area contributed by atoms with Gasteiger partial charge in [0.25, 0.3) is 5.91 Å². The summed E-state index contributed by atoms with van der Waals surface area (Å²) >= 11 is 0. The van der Waals surface area contributed by atoms with E-state index in [0.29, 0.717) is 11.5 Å². The van der Waals surface area contributed by atoms with E-state index in [1.165, 1.54) is 12.8 Å². The standard InChI is InChI=1S/C10H15N3O/c1-6-9(7(2)13-12-6)10(14)11-5-8-3-4-8/h8H,3-5H2,1-2H3,(H,11,14)(H,12,13). The van der Waals surface area contributed by atoms with Crippen LogP contribution >= 0.6 is 0 Å². The summed E-state index contributed by atoms with van der Waals surface area (Å²) in [4.78, 5) is 11.7. The van der Waals surface area contributed by atoms with E-state index >= 15 is 0 Å². The number of aromatic nitrogens is 2. The van der Waals surface area contributed by atoms with Crippen molar-refractivity contribution in [3.05, 3.63) is 17.0 Å². The van der Waals surface area contributed by atoms with Crippen LogP contribution in [-0.4, -0.2) is 22.6 Å². The second kappa shape index (κ2) is 3.44. The SMILES string of the molecule is Cc1n[nH]c(C)c1C(=O)NCC1CC1. The molecule has 1 saturated carbocycles. The van der Waals surface area contributed by atoms with E-state index < -0.39 is 0 Å². The van der Waals surface area contributed by atoms with E-state index in [1.54, 1.807) is 0 Å². The molecule has 14 heavy (non-hydrogen) atoms. The summed E-state index contributed by atoms with van der Waals surface area (Å²) in [6, 6.07) is 0. The minimum Gasteiger partial charge on any atom is -0.352 e. The number of H-pyrrole nitrogens is 1. The molecule has 1 aliphatic carbocycles. The van der Waals surface area contributed by atoms with Crippen LogP contribution in [-0.2, 0) is 0 Å². The third-order valence-corrected chi connectivity index (χ3v) is 2.60. The Labute approximate surface area is 83.1 Å². The van der Waals surface area contributed by atoms with Gasteiger partial charge in [0.15, 0.2) is 0 Å². The number of nitrogens with one attached hydrogen (secondary N) is 2. The van der Waals surface area contributed by atoms with Gasteiger partial charge in [0.2, 0.25) is 0 Å². The third-order valence-electron chi connectivity index (χ3n) is 2.60. The molecule has 4 nitrogen and oxygen atoms in total. The summed E-state index contributed by atoms with van der Waals surface area (Å²) in [5.41, 5.74) is 2.32. The molecule has 4 heteroatoms. The first-order valence-corrected chi connectivity index (χ1v) is 4.98. The molecule has 0 radical (unpaired) electrons. The second-order valence-electron chi connectivity index (χ2n) is 3.96. The highest BCUT2D eigenvalue weighted by atomic mass is 16.1. The number of carbonyl (C=O) groups excluding carboxylic acids is 1. The van der Waals surface area contributed by atoms with E-state index in [0.717, 1.165) is 17.9 Å². The van der Waals surface area contributed by atoms with Crippen molar-refractivity contribution in [2.24, 2.45) is 5.92 Å². The topological polar surface area (TPSA) is 57.8 Å². The number of aryl methyl sites for hydroxylation is 2. The Hall–Kier alpha value is -1.32. The summed E-state index contributed by atoms with van der Waals surface area (Å²) in [7, 11) is 0. The third kappa shape index (κ3) is 1.78. The lowest BCUT2D eigenvalue weighted by Gasteiger charge is -2.03. The average Bonchev–Trinajstić information content (AvgIpc) is 2.90. The number of aromatic amines is 1. The quantitative estimate of drug-likeness (QED) is 0.757. The Balaban J connectivity index is 2.01. The molecule has 0 atom stereocenters. The van der Waals surface area contributed by atoms with Crippen LogP contribution in [0.3, 0.4) is 0 Å². The van der Waals surface area contributed by atoms with Crippen LogP contribution < -0.4 is 5.32 Å². The van der Waals surface area contributed by atoms with Crippen molar-refractivity contribution < 1.29 is 4.79 Å². The zero-order chi connectivity index (χ0) is 10.1. The molecule has 1 heterocycles. The van der Waals surface area contributed by atoms with Crippen molar-refractivity contribution in [1.29, 1.82) is 0 Å². The predicted octanol–water partition coefficient (Wildman–Crippen LogP) is 1.17. The second-order valence-corrected chi connectivity index (χ2v) is 3.96. The van der Waals surface area contributed by atoms with Crippen molar-refractivity contribution in [2.75, 3.05) is 6.54 Å². The lowest BCUT2D eigenvalue weighted by Crippen LogP contribution is -2.26. The van der Waals surface area contributed by atoms with Crippen molar-refractivity contribution >= 4 is 5.91 Å². The van der Waals surface area contributed by atoms with Crippen molar-refractivity contribution in [1.82, 2.24) is 15.5 Å². The van der Waals surface area contributed by atoms with Gasteiger partial charge in [0, 0.05) is 12.2 Å². The van der Waals surface area contributed by atoms with Gasteiger partial charge >= 0.3 is 0 Å². The summed E-state index contributed by atoms with van der Waals surface area (Å²) in [6.07, 6.45) is 2.51. The first kappa shape index (κ1) is 9.24. The Kier molecular flexibility index (Phi) is 2.27. The van der Waals surface area contributed by atoms with Crippen LogP contribution in [0.4, 0.5) is 0 Å². The minimum absolute atomic E-state index is 0.000602. The summed E-state index contributed by atoms with van der Waals surface area (Å²) in [5.74, 6) is 0.715. The predicted molar refractivity (Wildman–Crippen MR) is 53.1 cm³/mol. The Bertz CT molecular complexity index is 333. The number of hydrogen-bond acceptors (Lipinski definition) is 2. The van der Waals surface area contributed by atoms with Crippen LogP contribution in [0.25, 0.3) is 0 Å². The first-order valence-electron chi connectivity index (χ1n) is 4.98. The van der Waals surface area contributed by atoms with E-state index in [2.05, 4.69) is 15.5 Å². The summed E-state index contributed by atoms with van der Waals surface area (Å²) < 4.78 is 0. The number of hydrogen-bond donors (Lipinski definition) is 2. The molecule has 1 aliphatic rings. The van der Waals surface area contributed by atoms with E-state index in [1.807, 2.05) is 13.8 Å². The average molecular weight is 193 g/mol. The van der Waals surface area contributed by atoms with Crippen molar-refractivity contribution in [3.63, 3.8) is 0 Å². The van der Waals surface area contributed by atoms with E-state index in [-0.39, 0.29) is 5.91 Å². The Morgan fingerprint density at radius 3 is 2.79 bits per heavy atom. The van der Waals surface area contributed by atoms with Crippen LogP contribution in [0.15, 0.2) is 0 Å². The maximum Gasteiger partial charge on any atom is 0.255 e. The number of amides is 1. The largest absolute Gasteiger partial charge is 0.352 e. The fourth-order valence-electron chi connectivity index (χ4n) is 1.53. The zero-order valence-corrected chi connectivity index (χ0v) is 8.55. The fraction of sp³-hybridized carbons (Fsp3) is 0.600. The van der Waals surface area contributed by atoms with Crippen LogP contribution in [0.1, 0.15) is 34.6 Å². The van der Waals surface area contributed by atoms with Gasteiger partial charge in [-0.2, -0.15) is 5.10 Å². The van der Waals surface area contributed by atoms with Gasteiger partial charge < -0.3 is 5.32 Å². The van der Waals surface area contributed by atoms with E-state index in [4.69, 9.17) is 0 Å². The van der Waals surface area contributed by atoms with Crippen LogP contribution in [0, 0.1) is 19.8 Å². The Morgan fingerprint density at radius 1 is 1.57 bits per heavy atom. The number of rotatable bonds is 3. The molecular formula is C10H15N3O. The van der Waals surface area contributed by atoms with Gasteiger partial charge in [-0.25, -0.2) is 0 Å². The van der Waals surface area contributed by atoms with Crippen molar-refractivity contribution in [3.8, 4) is 0 Å². The van der Waals surface area contributed by atoms with Gasteiger partial charge in [-0.05, 0) is 32.6 Å². The maximum atomic E-state index is 11.7. The molecule has 76 valence electrons. The van der Waals surface area contributed by atoms with Crippen LogP contribution in [0.2, 0.25) is 0 Å². The monoisotopic (exact) mass is 193 g/mol. The molecule has 0 aliphatic heterocycles. The lowest BCUT2D eigenvalue weighted by atomic mass is 10.2. The van der Waals surface area contributed by atoms with Gasteiger partial charge in [0.05, 0.1) is 11.3 Å². The molecule has 2 N–H and O–H groups in total. The highest BCUT2D eigenvalue weighted by Crippen LogP contribution is 2.27. The molecule has 0 bridgehead atoms. The molecule has 0 aromatic carbocycles. The highest BCUT2D eigenvalue weighted by Gasteiger charge is 2.23. The fourth-order valence-corrected chi connectivity index (χ4v) is 1.53. The molecule has 0 spiro atoms. The van der Waals surface area contributed by atoms with Gasteiger partial charge in [0.1, 0.15) is 0 Å². The summed E-state index contributed by atoms with van der Waals surface area (Å²) in [6.45, 7) is 4.52. The maximum absolute atomic E-state index is 11.7. The molecular weight excluding hydrogens is 178 g/mol. The molecule has 1 aromatic rings. The molecule has 1 amide bonds. The smallest absolute Gasteiger partial charge is 0.255 e. The van der Waals surface area contributed by atoms with Crippen LogP contribution in [0.5, 0.6) is 0 Å². The molecule has 1 fully saturated rings. The first-order chi connectivity index (χ1) is 6.68. The number of carbonyl (C=O) groups is 1. The van der Waals surface area contributed by atoms with Gasteiger partial charge in [-0.1, -0.05) is 0 Å². The molecule has 0 unspecified atom stereocenters. The van der Waals surface area contributed by atoms with E-state index in [9.17, 15) is 4.79 Å². The Morgan fingerprint density at radius 2 is 2.29 bits per heavy atom. The van der Waals surface area contributed by atoms with Gasteiger partial charge in [-0.3, -0.25) is 9.89 Å².